The molecule has 0 bridgehead atoms. The van der Waals surface area contributed by atoms with E-state index >= 15 is 0 Å². The molecule has 7 nitrogen and oxygen atoms in total. The number of hydrogen-bond donors (Lipinski definition) is 0. The van der Waals surface area contributed by atoms with Crippen molar-refractivity contribution in [1.82, 2.24) is 19.7 Å². The zero-order valence-corrected chi connectivity index (χ0v) is 12.9. The zero-order chi connectivity index (χ0) is 15.5. The van der Waals surface area contributed by atoms with Crippen LogP contribution in [0.3, 0.4) is 0 Å². The fraction of sp³-hybridized carbons (Fsp3) is 0.667. The standard InChI is InChI=1S/C15H22N4O3/c1-2-5-14(20)17-10-12-6-7-16-19(12)13(11-17)15(21)18-8-3-4-9-22-18/h6-7,13H,2-5,8-11H2,1H3/t13-/m0/s1. The molecule has 0 radical (unpaired) electrons. The fourth-order valence-electron chi connectivity index (χ4n) is 2.98. The molecule has 0 N–H and O–H groups in total. The minimum Gasteiger partial charge on any atom is -0.334 e. The van der Waals surface area contributed by atoms with Crippen LogP contribution in [0.2, 0.25) is 0 Å². The highest BCUT2D eigenvalue weighted by atomic mass is 16.7. The van der Waals surface area contributed by atoms with E-state index < -0.39 is 6.04 Å². The lowest BCUT2D eigenvalue weighted by Gasteiger charge is -2.36. The number of fused-ring (bicyclic) bond motifs is 1. The van der Waals surface area contributed by atoms with Gasteiger partial charge in [0.25, 0.3) is 5.91 Å². The van der Waals surface area contributed by atoms with Crippen LogP contribution in [0.4, 0.5) is 0 Å². The van der Waals surface area contributed by atoms with Gasteiger partial charge in [0.1, 0.15) is 0 Å². The summed E-state index contributed by atoms with van der Waals surface area (Å²) in [7, 11) is 0. The highest BCUT2D eigenvalue weighted by Gasteiger charge is 2.36. The van der Waals surface area contributed by atoms with Gasteiger partial charge in [0.05, 0.1) is 25.4 Å². The summed E-state index contributed by atoms with van der Waals surface area (Å²) in [6.07, 6.45) is 4.92. The molecule has 3 heterocycles. The predicted octanol–water partition coefficient (Wildman–Crippen LogP) is 1.12. The van der Waals surface area contributed by atoms with Crippen LogP contribution in [-0.4, -0.2) is 51.3 Å². The Hall–Kier alpha value is -1.89. The Morgan fingerprint density at radius 2 is 2.27 bits per heavy atom. The molecule has 120 valence electrons. The molecule has 0 unspecified atom stereocenters. The first-order chi connectivity index (χ1) is 10.7. The van der Waals surface area contributed by atoms with E-state index in [9.17, 15) is 9.59 Å². The third kappa shape index (κ3) is 2.85. The summed E-state index contributed by atoms with van der Waals surface area (Å²) < 4.78 is 1.73. The minimum absolute atomic E-state index is 0.0901. The highest BCUT2D eigenvalue weighted by Crippen LogP contribution is 2.24. The van der Waals surface area contributed by atoms with Gasteiger partial charge in [-0.3, -0.25) is 19.1 Å². The van der Waals surface area contributed by atoms with Crippen LogP contribution in [0.25, 0.3) is 0 Å². The van der Waals surface area contributed by atoms with Crippen LogP contribution in [0.15, 0.2) is 12.3 Å². The van der Waals surface area contributed by atoms with Crippen molar-refractivity contribution in [3.05, 3.63) is 18.0 Å². The van der Waals surface area contributed by atoms with Crippen LogP contribution in [0, 0.1) is 0 Å². The van der Waals surface area contributed by atoms with Crippen LogP contribution < -0.4 is 0 Å². The molecule has 7 heteroatoms. The van der Waals surface area contributed by atoms with Crippen molar-refractivity contribution in [3.8, 4) is 0 Å². The molecule has 2 aliphatic rings. The summed E-state index contributed by atoms with van der Waals surface area (Å²) in [6.45, 7) is 4.05. The van der Waals surface area contributed by atoms with Gasteiger partial charge < -0.3 is 4.90 Å². The molecule has 1 aromatic rings. The van der Waals surface area contributed by atoms with Gasteiger partial charge in [0.15, 0.2) is 6.04 Å². The van der Waals surface area contributed by atoms with Crippen LogP contribution in [0.5, 0.6) is 0 Å². The van der Waals surface area contributed by atoms with Gasteiger partial charge in [0.2, 0.25) is 5.91 Å². The quantitative estimate of drug-likeness (QED) is 0.839. The van der Waals surface area contributed by atoms with E-state index in [-0.39, 0.29) is 11.8 Å². The van der Waals surface area contributed by atoms with Crippen molar-refractivity contribution in [2.45, 2.75) is 45.2 Å². The Morgan fingerprint density at radius 1 is 1.41 bits per heavy atom. The van der Waals surface area contributed by atoms with Crippen molar-refractivity contribution in [3.63, 3.8) is 0 Å². The third-order valence-corrected chi connectivity index (χ3v) is 4.14. The summed E-state index contributed by atoms with van der Waals surface area (Å²) in [5.41, 5.74) is 0.895. The van der Waals surface area contributed by atoms with Crippen molar-refractivity contribution >= 4 is 11.8 Å². The number of rotatable bonds is 3. The average molecular weight is 306 g/mol. The van der Waals surface area contributed by atoms with E-state index in [4.69, 9.17) is 4.84 Å². The molecule has 1 saturated heterocycles. The minimum atomic E-state index is -0.488. The van der Waals surface area contributed by atoms with Gasteiger partial charge in [-0.05, 0) is 25.3 Å². The average Bonchev–Trinajstić information content (AvgIpc) is 3.02. The smallest absolute Gasteiger partial charge is 0.272 e. The summed E-state index contributed by atoms with van der Waals surface area (Å²) in [5.74, 6) is -0.0223. The van der Waals surface area contributed by atoms with Gasteiger partial charge >= 0.3 is 0 Å². The Kier molecular flexibility index (Phi) is 4.42. The molecule has 3 rings (SSSR count). The zero-order valence-electron chi connectivity index (χ0n) is 12.9. The van der Waals surface area contributed by atoms with Crippen molar-refractivity contribution in [1.29, 1.82) is 0 Å². The van der Waals surface area contributed by atoms with Crippen molar-refractivity contribution in [2.24, 2.45) is 0 Å². The van der Waals surface area contributed by atoms with Gasteiger partial charge in [0, 0.05) is 19.2 Å². The second kappa shape index (κ2) is 6.48. The van der Waals surface area contributed by atoms with E-state index in [1.54, 1.807) is 15.8 Å². The molecule has 2 amide bonds. The second-order valence-electron chi connectivity index (χ2n) is 5.79. The number of carbonyl (C=O) groups is 2. The van der Waals surface area contributed by atoms with E-state index in [0.29, 0.717) is 32.7 Å². The Labute approximate surface area is 129 Å². The number of nitrogens with zero attached hydrogens (tertiary/aromatic N) is 4. The Morgan fingerprint density at radius 3 is 3.00 bits per heavy atom. The molecule has 1 aromatic heterocycles. The van der Waals surface area contributed by atoms with E-state index in [1.165, 1.54) is 5.06 Å². The largest absolute Gasteiger partial charge is 0.334 e. The number of amides is 2. The lowest BCUT2D eigenvalue weighted by atomic mass is 10.1. The number of aromatic nitrogens is 2. The van der Waals surface area contributed by atoms with Crippen LogP contribution in [0.1, 0.15) is 44.3 Å². The highest BCUT2D eigenvalue weighted by molar-refractivity contribution is 5.82. The lowest BCUT2D eigenvalue weighted by Crippen LogP contribution is -2.49. The molecule has 22 heavy (non-hydrogen) atoms. The maximum atomic E-state index is 12.7. The summed E-state index contributed by atoms with van der Waals surface area (Å²) in [5, 5.41) is 5.71. The van der Waals surface area contributed by atoms with E-state index in [1.807, 2.05) is 13.0 Å². The maximum absolute atomic E-state index is 12.7. The van der Waals surface area contributed by atoms with Gasteiger partial charge in [-0.25, -0.2) is 5.06 Å². The number of carbonyl (C=O) groups excluding carboxylic acids is 2. The summed E-state index contributed by atoms with van der Waals surface area (Å²) in [6, 6.07) is 1.38. The Bertz CT molecular complexity index is 551. The molecular weight excluding hydrogens is 284 g/mol. The maximum Gasteiger partial charge on any atom is 0.272 e. The fourth-order valence-corrected chi connectivity index (χ4v) is 2.98. The Balaban J connectivity index is 1.80. The lowest BCUT2D eigenvalue weighted by molar-refractivity contribution is -0.201. The van der Waals surface area contributed by atoms with Crippen molar-refractivity contribution < 1.29 is 14.4 Å². The second-order valence-corrected chi connectivity index (χ2v) is 5.79. The third-order valence-electron chi connectivity index (χ3n) is 4.14. The van der Waals surface area contributed by atoms with Crippen LogP contribution >= 0.6 is 0 Å². The SMILES string of the molecule is CCCC(=O)N1Cc2ccnn2[C@H](C(=O)N2CCCCO2)C1. The number of hydroxylamine groups is 2. The predicted molar refractivity (Wildman–Crippen MR) is 78.5 cm³/mol. The number of hydrogen-bond acceptors (Lipinski definition) is 4. The molecule has 1 fully saturated rings. The first-order valence-electron chi connectivity index (χ1n) is 7.95. The van der Waals surface area contributed by atoms with E-state index in [2.05, 4.69) is 5.10 Å². The molecule has 1 atom stereocenters. The van der Waals surface area contributed by atoms with E-state index in [0.717, 1.165) is 25.0 Å². The van der Waals surface area contributed by atoms with Crippen LogP contribution in [-0.2, 0) is 21.0 Å². The molecule has 0 spiro atoms. The molecule has 0 saturated carbocycles. The summed E-state index contributed by atoms with van der Waals surface area (Å²) in [4.78, 5) is 32.2. The normalized spacial score (nSPS) is 21.6. The van der Waals surface area contributed by atoms with Gasteiger partial charge in [-0.2, -0.15) is 5.10 Å². The molecule has 0 aliphatic carbocycles. The van der Waals surface area contributed by atoms with Gasteiger partial charge in [-0.1, -0.05) is 6.92 Å². The molecular formula is C15H22N4O3. The first-order valence-corrected chi connectivity index (χ1v) is 7.95. The van der Waals surface area contributed by atoms with Crippen molar-refractivity contribution in [2.75, 3.05) is 19.7 Å². The summed E-state index contributed by atoms with van der Waals surface area (Å²) >= 11 is 0. The molecule has 2 aliphatic heterocycles. The topological polar surface area (TPSA) is 67.7 Å². The first kappa shape index (κ1) is 15.0. The van der Waals surface area contributed by atoms with Gasteiger partial charge in [-0.15, -0.1) is 0 Å². The monoisotopic (exact) mass is 306 g/mol. The molecule has 0 aromatic carbocycles.